The Hall–Kier alpha value is -3.74. The highest BCUT2D eigenvalue weighted by molar-refractivity contribution is 6.03. The number of phenolic OH excluding ortho intramolecular Hbond substituents is 2. The van der Waals surface area contributed by atoms with Crippen molar-refractivity contribution in [2.24, 2.45) is 9.98 Å². The predicted octanol–water partition coefficient (Wildman–Crippen LogP) is 4.12. The van der Waals surface area contributed by atoms with Crippen LogP contribution in [0.2, 0.25) is 0 Å². The van der Waals surface area contributed by atoms with Crippen LogP contribution in [-0.4, -0.2) is 61.9 Å². The van der Waals surface area contributed by atoms with E-state index < -0.39 is 0 Å². The summed E-state index contributed by atoms with van der Waals surface area (Å²) in [6, 6.07) is 23.2. The molecule has 6 heteroatoms. The first-order valence-corrected chi connectivity index (χ1v) is 11.6. The first-order chi connectivity index (χ1) is 16.7. The van der Waals surface area contributed by atoms with E-state index in [2.05, 4.69) is 20.6 Å². The number of nitrogens with one attached hydrogen (secondary N) is 2. The van der Waals surface area contributed by atoms with Gasteiger partial charge in [-0.05, 0) is 33.7 Å². The minimum absolute atomic E-state index is 0.248. The molecule has 0 aliphatic heterocycles. The summed E-state index contributed by atoms with van der Waals surface area (Å²) in [4.78, 5) is 8.92. The molecule has 0 heterocycles. The van der Waals surface area contributed by atoms with Crippen LogP contribution in [-0.2, 0) is 0 Å². The van der Waals surface area contributed by atoms with Crippen LogP contribution in [0.25, 0.3) is 21.5 Å². The second-order valence-electron chi connectivity index (χ2n) is 8.01. The molecular weight excluding hydrogens is 424 g/mol. The highest BCUT2D eigenvalue weighted by Gasteiger charge is 2.04. The monoisotopic (exact) mass is 454 g/mol. The Morgan fingerprint density at radius 3 is 1.47 bits per heavy atom. The van der Waals surface area contributed by atoms with Gasteiger partial charge in [0.1, 0.15) is 11.5 Å². The van der Waals surface area contributed by atoms with Crippen molar-refractivity contribution in [3.05, 3.63) is 83.9 Å². The smallest absolute Gasteiger partial charge is 0.124 e. The molecule has 0 bridgehead atoms. The molecule has 0 atom stereocenters. The molecular formula is C28H30N4O2. The molecule has 174 valence electrons. The fourth-order valence-corrected chi connectivity index (χ4v) is 3.87. The number of benzene rings is 4. The van der Waals surface area contributed by atoms with Gasteiger partial charge in [-0.1, -0.05) is 60.7 Å². The summed E-state index contributed by atoms with van der Waals surface area (Å²) < 4.78 is 0. The van der Waals surface area contributed by atoms with Gasteiger partial charge in [-0.15, -0.1) is 0 Å². The first kappa shape index (κ1) is 23.4. The van der Waals surface area contributed by atoms with Gasteiger partial charge in [-0.2, -0.15) is 0 Å². The standard InChI is InChI=1S/C28H30N4O2/c33-27-11-9-21-5-1-3-7-23(21)25(27)19-31-17-15-29-13-14-30-16-18-32-20-26-24-8-4-2-6-22(24)10-12-28(26)34/h1-12,19-20,29-30,33-34H,13-18H2. The van der Waals surface area contributed by atoms with Gasteiger partial charge in [0, 0.05) is 49.7 Å². The summed E-state index contributed by atoms with van der Waals surface area (Å²) in [5, 5.41) is 31.2. The Labute approximate surface area is 199 Å². The Morgan fingerprint density at radius 1 is 0.559 bits per heavy atom. The highest BCUT2D eigenvalue weighted by atomic mass is 16.3. The minimum atomic E-state index is 0.248. The summed E-state index contributed by atoms with van der Waals surface area (Å²) in [5.41, 5.74) is 1.52. The van der Waals surface area contributed by atoms with E-state index in [0.717, 1.165) is 58.9 Å². The van der Waals surface area contributed by atoms with Crippen LogP contribution in [0.15, 0.2) is 82.8 Å². The van der Waals surface area contributed by atoms with Gasteiger partial charge < -0.3 is 20.8 Å². The number of phenols is 2. The van der Waals surface area contributed by atoms with Crippen molar-refractivity contribution < 1.29 is 10.2 Å². The number of rotatable bonds is 11. The third kappa shape index (κ3) is 5.98. The third-order valence-corrected chi connectivity index (χ3v) is 5.65. The molecule has 4 rings (SSSR count). The SMILES string of the molecule is Oc1ccc2ccccc2c1C=NCCNCCNCCN=Cc1c(O)ccc2ccccc12. The molecule has 4 aromatic rings. The maximum absolute atomic E-state index is 10.2. The summed E-state index contributed by atoms with van der Waals surface area (Å²) in [5.74, 6) is 0.496. The van der Waals surface area contributed by atoms with E-state index in [1.165, 1.54) is 0 Å². The van der Waals surface area contributed by atoms with Crippen LogP contribution in [0.4, 0.5) is 0 Å². The Kier molecular flexibility index (Phi) is 8.22. The van der Waals surface area contributed by atoms with Gasteiger partial charge in [0.25, 0.3) is 0 Å². The maximum Gasteiger partial charge on any atom is 0.124 e. The first-order valence-electron chi connectivity index (χ1n) is 11.6. The van der Waals surface area contributed by atoms with Crippen molar-refractivity contribution in [3.63, 3.8) is 0 Å². The van der Waals surface area contributed by atoms with Crippen LogP contribution in [0.3, 0.4) is 0 Å². The zero-order chi connectivity index (χ0) is 23.6. The summed E-state index contributed by atoms with van der Waals surface area (Å²) in [6.45, 7) is 4.49. The number of nitrogens with zero attached hydrogens (tertiary/aromatic N) is 2. The van der Waals surface area contributed by atoms with Crippen molar-refractivity contribution >= 4 is 34.0 Å². The van der Waals surface area contributed by atoms with Gasteiger partial charge in [0.15, 0.2) is 0 Å². The second kappa shape index (κ2) is 11.9. The lowest BCUT2D eigenvalue weighted by Gasteiger charge is -2.06. The number of aliphatic imine (C=N–C) groups is 2. The van der Waals surface area contributed by atoms with Crippen molar-refractivity contribution in [1.82, 2.24) is 10.6 Å². The highest BCUT2D eigenvalue weighted by Crippen LogP contribution is 2.26. The zero-order valence-corrected chi connectivity index (χ0v) is 19.1. The molecule has 0 aliphatic carbocycles. The zero-order valence-electron chi connectivity index (χ0n) is 19.1. The normalized spacial score (nSPS) is 11.9. The molecule has 34 heavy (non-hydrogen) atoms. The van der Waals surface area contributed by atoms with Crippen LogP contribution < -0.4 is 10.6 Å². The largest absolute Gasteiger partial charge is 0.507 e. The van der Waals surface area contributed by atoms with Crippen LogP contribution >= 0.6 is 0 Å². The lowest BCUT2D eigenvalue weighted by Crippen LogP contribution is -2.30. The number of aromatic hydroxyl groups is 2. The Morgan fingerprint density at radius 2 is 1.00 bits per heavy atom. The fraction of sp³-hybridized carbons (Fsp3) is 0.214. The van der Waals surface area contributed by atoms with Crippen LogP contribution in [0.5, 0.6) is 11.5 Å². The molecule has 6 nitrogen and oxygen atoms in total. The Bertz CT molecular complexity index is 1200. The van der Waals surface area contributed by atoms with E-state index in [1.807, 2.05) is 60.7 Å². The van der Waals surface area contributed by atoms with Gasteiger partial charge in [-0.3, -0.25) is 9.98 Å². The van der Waals surface area contributed by atoms with E-state index in [1.54, 1.807) is 24.6 Å². The third-order valence-electron chi connectivity index (χ3n) is 5.65. The fourth-order valence-electron chi connectivity index (χ4n) is 3.87. The second-order valence-corrected chi connectivity index (χ2v) is 8.01. The average molecular weight is 455 g/mol. The summed E-state index contributed by atoms with van der Waals surface area (Å²) in [6.07, 6.45) is 3.51. The molecule has 0 aliphatic rings. The van der Waals surface area contributed by atoms with E-state index in [0.29, 0.717) is 13.1 Å². The molecule has 0 amide bonds. The average Bonchev–Trinajstić information content (AvgIpc) is 2.87. The predicted molar refractivity (Wildman–Crippen MR) is 142 cm³/mol. The molecule has 0 saturated heterocycles. The molecule has 0 saturated carbocycles. The van der Waals surface area contributed by atoms with E-state index in [-0.39, 0.29) is 11.5 Å². The molecule has 0 fully saturated rings. The lowest BCUT2D eigenvalue weighted by atomic mass is 10.0. The molecule has 0 radical (unpaired) electrons. The van der Waals surface area contributed by atoms with E-state index in [9.17, 15) is 10.2 Å². The minimum Gasteiger partial charge on any atom is -0.507 e. The number of fused-ring (bicyclic) bond motifs is 2. The molecule has 0 aromatic heterocycles. The van der Waals surface area contributed by atoms with Crippen molar-refractivity contribution in [2.75, 3.05) is 39.3 Å². The van der Waals surface area contributed by atoms with Crippen LogP contribution in [0.1, 0.15) is 11.1 Å². The van der Waals surface area contributed by atoms with Gasteiger partial charge in [0.2, 0.25) is 0 Å². The molecule has 4 N–H and O–H groups in total. The molecule has 4 aromatic carbocycles. The van der Waals surface area contributed by atoms with Crippen molar-refractivity contribution in [3.8, 4) is 11.5 Å². The maximum atomic E-state index is 10.2. The lowest BCUT2D eigenvalue weighted by molar-refractivity contribution is 0.475. The van der Waals surface area contributed by atoms with Gasteiger partial charge in [0.05, 0.1) is 13.1 Å². The van der Waals surface area contributed by atoms with Gasteiger partial charge in [-0.25, -0.2) is 0 Å². The van der Waals surface area contributed by atoms with E-state index >= 15 is 0 Å². The molecule has 0 unspecified atom stereocenters. The Balaban J connectivity index is 1.12. The summed E-state index contributed by atoms with van der Waals surface area (Å²) >= 11 is 0. The summed E-state index contributed by atoms with van der Waals surface area (Å²) in [7, 11) is 0. The topological polar surface area (TPSA) is 89.2 Å². The van der Waals surface area contributed by atoms with Crippen molar-refractivity contribution in [1.29, 1.82) is 0 Å². The van der Waals surface area contributed by atoms with Crippen molar-refractivity contribution in [2.45, 2.75) is 0 Å². The quantitative estimate of drug-likeness (QED) is 0.203. The number of hydrogen-bond donors (Lipinski definition) is 4. The molecule has 0 spiro atoms. The van der Waals surface area contributed by atoms with Crippen LogP contribution in [0, 0.1) is 0 Å². The number of hydrogen-bond acceptors (Lipinski definition) is 6. The van der Waals surface area contributed by atoms with Gasteiger partial charge >= 0.3 is 0 Å². The van der Waals surface area contributed by atoms with E-state index in [4.69, 9.17) is 0 Å².